The minimum Gasteiger partial charge on any atom is -0.477 e. The molecular weight excluding hydrogens is 264 g/mol. The molecule has 3 rings (SSSR count). The zero-order valence-corrected chi connectivity index (χ0v) is 9.95. The topological polar surface area (TPSA) is 125 Å². The van der Waals surface area contributed by atoms with Crippen molar-refractivity contribution >= 4 is 22.6 Å². The van der Waals surface area contributed by atoms with Crippen LogP contribution < -0.4 is 0 Å². The lowest BCUT2D eigenvalue weighted by Gasteiger charge is -1.95. The van der Waals surface area contributed by atoms with Crippen LogP contribution in [0.3, 0.4) is 0 Å². The maximum Gasteiger partial charge on any atom is 0.352 e. The van der Waals surface area contributed by atoms with Crippen molar-refractivity contribution < 1.29 is 14.8 Å². The number of carboxylic acid groups (broad SMARTS) is 1. The van der Waals surface area contributed by atoms with Gasteiger partial charge in [-0.1, -0.05) is 0 Å². The molecule has 0 radical (unpaired) electrons. The summed E-state index contributed by atoms with van der Waals surface area (Å²) in [5.41, 5.74) is 1.54. The van der Waals surface area contributed by atoms with Crippen LogP contribution in [0.1, 0.15) is 10.5 Å². The molecular formula is C12H8N4O4. The Kier molecular flexibility index (Phi) is 2.50. The number of hydrogen-bond donors (Lipinski definition) is 3. The van der Waals surface area contributed by atoms with E-state index in [4.69, 9.17) is 5.11 Å². The van der Waals surface area contributed by atoms with Crippen LogP contribution in [0.15, 0.2) is 30.3 Å². The number of aromatic nitrogens is 3. The molecule has 0 fully saturated rings. The number of fused-ring (bicyclic) bond motifs is 1. The van der Waals surface area contributed by atoms with Gasteiger partial charge in [0.05, 0.1) is 16.1 Å². The van der Waals surface area contributed by atoms with E-state index in [1.54, 1.807) is 12.1 Å². The molecule has 3 aromatic rings. The van der Waals surface area contributed by atoms with Crippen molar-refractivity contribution in [3.63, 3.8) is 0 Å². The second kappa shape index (κ2) is 4.19. The van der Waals surface area contributed by atoms with E-state index in [1.807, 2.05) is 0 Å². The number of benzene rings is 1. The van der Waals surface area contributed by atoms with Crippen LogP contribution in [-0.2, 0) is 0 Å². The summed E-state index contributed by atoms with van der Waals surface area (Å²) in [6, 6.07) is 7.32. The molecule has 8 nitrogen and oxygen atoms in total. The number of hydrogen-bond acceptors (Lipinski definition) is 4. The van der Waals surface area contributed by atoms with Gasteiger partial charge in [-0.15, -0.1) is 0 Å². The number of carboxylic acids is 1. The Morgan fingerprint density at radius 2 is 2.10 bits per heavy atom. The Morgan fingerprint density at radius 1 is 1.30 bits per heavy atom. The fourth-order valence-electron chi connectivity index (χ4n) is 1.98. The van der Waals surface area contributed by atoms with Gasteiger partial charge in [0.25, 0.3) is 5.69 Å². The summed E-state index contributed by atoms with van der Waals surface area (Å²) in [6.45, 7) is 0. The Balaban J connectivity index is 2.17. The Hall–Kier alpha value is -3.16. The van der Waals surface area contributed by atoms with E-state index in [9.17, 15) is 14.9 Å². The van der Waals surface area contributed by atoms with Gasteiger partial charge in [-0.3, -0.25) is 15.2 Å². The third-order valence-corrected chi connectivity index (χ3v) is 2.93. The summed E-state index contributed by atoms with van der Waals surface area (Å²) in [5.74, 6) is -1.08. The van der Waals surface area contributed by atoms with Crippen molar-refractivity contribution in [2.45, 2.75) is 0 Å². The largest absolute Gasteiger partial charge is 0.477 e. The zero-order valence-electron chi connectivity index (χ0n) is 9.95. The van der Waals surface area contributed by atoms with Crippen molar-refractivity contribution in [1.82, 2.24) is 15.2 Å². The van der Waals surface area contributed by atoms with Crippen molar-refractivity contribution in [3.8, 4) is 11.4 Å². The molecule has 0 aliphatic heterocycles. The number of aromatic carboxylic acids is 1. The van der Waals surface area contributed by atoms with E-state index in [0.29, 0.717) is 22.3 Å². The number of rotatable bonds is 3. The van der Waals surface area contributed by atoms with Crippen molar-refractivity contribution in [3.05, 3.63) is 46.1 Å². The lowest BCUT2D eigenvalue weighted by molar-refractivity contribution is -0.384. The minimum absolute atomic E-state index is 0.0292. The quantitative estimate of drug-likeness (QED) is 0.497. The Morgan fingerprint density at radius 3 is 2.75 bits per heavy atom. The van der Waals surface area contributed by atoms with Gasteiger partial charge in [-0.05, 0) is 18.2 Å². The van der Waals surface area contributed by atoms with Gasteiger partial charge < -0.3 is 10.1 Å². The fourth-order valence-corrected chi connectivity index (χ4v) is 1.98. The number of nitro benzene ring substituents is 1. The number of nitrogens with zero attached hydrogens (tertiary/aromatic N) is 2. The van der Waals surface area contributed by atoms with Gasteiger partial charge in [0.2, 0.25) is 0 Å². The highest BCUT2D eigenvalue weighted by Crippen LogP contribution is 2.28. The molecule has 0 unspecified atom stereocenters. The monoisotopic (exact) mass is 272 g/mol. The third kappa shape index (κ3) is 1.79. The Labute approximate surface area is 111 Å². The molecule has 0 atom stereocenters. The molecule has 0 saturated heterocycles. The first-order chi connectivity index (χ1) is 9.56. The van der Waals surface area contributed by atoms with E-state index in [-0.39, 0.29) is 11.4 Å². The van der Waals surface area contributed by atoms with Crippen LogP contribution in [0, 0.1) is 10.1 Å². The molecule has 2 aromatic heterocycles. The van der Waals surface area contributed by atoms with E-state index < -0.39 is 10.9 Å². The fraction of sp³-hybridized carbons (Fsp3) is 0. The zero-order chi connectivity index (χ0) is 14.3. The molecule has 8 heteroatoms. The average Bonchev–Trinajstić information content (AvgIpc) is 3.03. The molecule has 3 N–H and O–H groups in total. The molecule has 0 saturated carbocycles. The molecule has 100 valence electrons. The maximum absolute atomic E-state index is 10.8. The van der Waals surface area contributed by atoms with Gasteiger partial charge in [0, 0.05) is 17.5 Å². The van der Waals surface area contributed by atoms with Gasteiger partial charge in [-0.25, -0.2) is 4.79 Å². The molecule has 2 heterocycles. The molecule has 0 aliphatic carbocycles. The minimum atomic E-state index is -1.08. The predicted octanol–water partition coefficient (Wildman–Crippen LogP) is 2.16. The van der Waals surface area contributed by atoms with Crippen molar-refractivity contribution in [2.75, 3.05) is 0 Å². The molecule has 0 bridgehead atoms. The van der Waals surface area contributed by atoms with Crippen LogP contribution in [0.5, 0.6) is 0 Å². The highest BCUT2D eigenvalue weighted by molar-refractivity contribution is 5.94. The van der Waals surface area contributed by atoms with Crippen LogP contribution in [0.2, 0.25) is 0 Å². The number of carbonyl (C=O) groups is 1. The van der Waals surface area contributed by atoms with Crippen molar-refractivity contribution in [2.24, 2.45) is 0 Å². The molecule has 1 aromatic carbocycles. The number of aromatic amines is 2. The lowest BCUT2D eigenvalue weighted by atomic mass is 10.1. The maximum atomic E-state index is 10.8. The smallest absolute Gasteiger partial charge is 0.352 e. The van der Waals surface area contributed by atoms with E-state index in [0.717, 1.165) is 0 Å². The summed E-state index contributed by atoms with van der Waals surface area (Å²) in [7, 11) is 0. The van der Waals surface area contributed by atoms with Crippen LogP contribution in [0.4, 0.5) is 5.69 Å². The number of nitro groups is 1. The van der Waals surface area contributed by atoms with Gasteiger partial charge in [0.1, 0.15) is 11.4 Å². The first kappa shape index (κ1) is 11.9. The highest BCUT2D eigenvalue weighted by atomic mass is 16.6. The highest BCUT2D eigenvalue weighted by Gasteiger charge is 2.15. The summed E-state index contributed by atoms with van der Waals surface area (Å²) in [5, 5.41) is 27.0. The average molecular weight is 272 g/mol. The van der Waals surface area contributed by atoms with Crippen LogP contribution in [-0.4, -0.2) is 31.2 Å². The molecule has 0 aliphatic rings. The first-order valence-corrected chi connectivity index (χ1v) is 5.61. The summed E-state index contributed by atoms with van der Waals surface area (Å²) >= 11 is 0. The summed E-state index contributed by atoms with van der Waals surface area (Å²) in [6.07, 6.45) is 0. The van der Waals surface area contributed by atoms with E-state index >= 15 is 0 Å². The van der Waals surface area contributed by atoms with Gasteiger partial charge in [-0.2, -0.15) is 5.10 Å². The molecule has 20 heavy (non-hydrogen) atoms. The van der Waals surface area contributed by atoms with Gasteiger partial charge >= 0.3 is 5.97 Å². The number of non-ortho nitro benzene ring substituents is 1. The number of H-pyrrole nitrogens is 2. The van der Waals surface area contributed by atoms with Crippen LogP contribution >= 0.6 is 0 Å². The second-order valence-corrected chi connectivity index (χ2v) is 4.15. The third-order valence-electron chi connectivity index (χ3n) is 2.93. The second-order valence-electron chi connectivity index (χ2n) is 4.15. The SMILES string of the molecule is O=C(O)c1ccc(-c2n[nH]c3ccc([N+](=O)[O-])cc23)[nH]1. The lowest BCUT2D eigenvalue weighted by Crippen LogP contribution is -1.95. The normalized spacial score (nSPS) is 10.8. The number of nitrogens with one attached hydrogen (secondary N) is 2. The molecule has 0 spiro atoms. The van der Waals surface area contributed by atoms with E-state index in [2.05, 4.69) is 15.2 Å². The molecule has 0 amide bonds. The van der Waals surface area contributed by atoms with Crippen molar-refractivity contribution in [1.29, 1.82) is 0 Å². The summed E-state index contributed by atoms with van der Waals surface area (Å²) < 4.78 is 0. The van der Waals surface area contributed by atoms with Gasteiger partial charge in [0.15, 0.2) is 0 Å². The van der Waals surface area contributed by atoms with E-state index in [1.165, 1.54) is 18.2 Å². The standard InChI is InChI=1S/C12H8N4O4/c17-12(18)10-4-3-9(13-10)11-7-5-6(16(19)20)1-2-8(7)14-15-11/h1-5,13H,(H,14,15)(H,17,18). The summed E-state index contributed by atoms with van der Waals surface area (Å²) in [4.78, 5) is 23.9. The first-order valence-electron chi connectivity index (χ1n) is 5.61. The predicted molar refractivity (Wildman–Crippen MR) is 69.5 cm³/mol. The Bertz CT molecular complexity index is 833. The van der Waals surface area contributed by atoms with Crippen LogP contribution in [0.25, 0.3) is 22.3 Å².